The standard InChI is InChI=1S/C72H85N7O7/c1-3-5-6-7-15-56(11-4-2)86-57-21-19-52(20-22-57)69-61-23-25-63(73-61)70(53-12-8-16-58(49-53)83-46-37-77-31-40-80-41-32-77)65-27-29-67(75-65)72(55-14-10-18-60(51-55)85-48-39-79-35-44-82-45-36-79)68-30-28-66(76-68)71(64-26-24-62(69)74-64)54-13-9-17-59(50-54)84-47-38-78-33-42-81-43-34-78/h8-10,12-14,16-30,49-51,56,73-76H,3-7,11,15,31-48H2,1-2H3. The Morgan fingerprint density at radius 2 is 0.756 bits per heavy atom. The molecule has 8 bridgehead atoms. The molecule has 4 aliphatic rings. The van der Waals surface area contributed by atoms with Gasteiger partial charge in [-0.15, -0.1) is 0 Å². The van der Waals surface area contributed by atoms with Gasteiger partial charge >= 0.3 is 0 Å². The fourth-order valence-electron chi connectivity index (χ4n) is 12.4. The molecule has 8 heterocycles. The zero-order valence-electron chi connectivity index (χ0n) is 50.3. The molecule has 8 aromatic rings. The number of hydrogen-bond donors (Lipinski definition) is 4. The molecule has 0 radical (unpaired) electrons. The maximum atomic E-state index is 6.77. The molecule has 86 heavy (non-hydrogen) atoms. The number of aromatic amines is 4. The third kappa shape index (κ3) is 14.8. The van der Waals surface area contributed by atoms with E-state index >= 15 is 0 Å². The van der Waals surface area contributed by atoms with Gasteiger partial charge in [-0.2, -0.15) is 0 Å². The molecule has 4 N–H and O–H groups in total. The molecule has 1 unspecified atom stereocenters. The summed E-state index contributed by atoms with van der Waals surface area (Å²) in [5.74, 6) is 3.34. The molecule has 0 saturated carbocycles. The highest BCUT2D eigenvalue weighted by Gasteiger charge is 2.21. The predicted molar refractivity (Wildman–Crippen MR) is 340 cm³/mol. The minimum atomic E-state index is 0.186. The molecule has 0 amide bonds. The molecule has 12 rings (SSSR count). The molecule has 4 aliphatic heterocycles. The van der Waals surface area contributed by atoms with Crippen LogP contribution in [0.2, 0.25) is 0 Å². The number of H-pyrrole nitrogens is 4. The van der Waals surface area contributed by atoms with E-state index in [4.69, 9.17) is 33.2 Å². The van der Waals surface area contributed by atoms with Crippen molar-refractivity contribution < 1.29 is 33.2 Å². The zero-order valence-corrected chi connectivity index (χ0v) is 50.3. The Balaban J connectivity index is 1.00. The first-order chi connectivity index (χ1) is 42.5. The van der Waals surface area contributed by atoms with Crippen LogP contribution in [0.1, 0.15) is 104 Å². The molecule has 4 aromatic heterocycles. The summed E-state index contributed by atoms with van der Waals surface area (Å²) >= 11 is 0. The summed E-state index contributed by atoms with van der Waals surface area (Å²) in [6, 6.07) is 51.9. The molecule has 3 saturated heterocycles. The summed E-state index contributed by atoms with van der Waals surface area (Å²) < 4.78 is 43.3. The highest BCUT2D eigenvalue weighted by Crippen LogP contribution is 2.32. The third-order valence-corrected chi connectivity index (χ3v) is 17.0. The van der Waals surface area contributed by atoms with Crippen molar-refractivity contribution in [2.24, 2.45) is 0 Å². The van der Waals surface area contributed by atoms with Gasteiger partial charge in [-0.05, 0) is 139 Å². The van der Waals surface area contributed by atoms with Crippen LogP contribution in [-0.4, -0.2) is 159 Å². The van der Waals surface area contributed by atoms with Crippen molar-refractivity contribution in [3.8, 4) is 23.0 Å². The molecule has 3 fully saturated rings. The topological polar surface area (TPSA) is 137 Å². The Bertz CT molecular complexity index is 3730. The summed E-state index contributed by atoms with van der Waals surface area (Å²) in [5.41, 5.74) is 12.0. The first-order valence-corrected chi connectivity index (χ1v) is 31.7. The molecule has 14 heteroatoms. The van der Waals surface area contributed by atoms with Gasteiger partial charge in [0.25, 0.3) is 0 Å². The Morgan fingerprint density at radius 1 is 0.372 bits per heavy atom. The number of nitrogens with one attached hydrogen (secondary N) is 4. The SMILES string of the molecule is CCCCCCC(CCC)Oc1ccc(C2=c3ccc([nH]3)=C(c3cccc(OCCN4CCOCC4)c3)c3ccc([nH]3)C(c3cccc(OCCN4CCOCC4)c3)=c3ccc([nH]3)=C(c3cccc(OCCN4CCOCC4)c3)c3ccc2[nH]3)cc1. The monoisotopic (exact) mass is 1160 g/mol. The lowest BCUT2D eigenvalue weighted by Crippen LogP contribution is -2.38. The second-order valence-corrected chi connectivity index (χ2v) is 23.0. The molecule has 1 atom stereocenters. The number of fused-ring (bicyclic) bond motifs is 8. The summed E-state index contributed by atoms with van der Waals surface area (Å²) in [6.45, 7) is 18.8. The van der Waals surface area contributed by atoms with Gasteiger partial charge in [-0.1, -0.05) is 88.1 Å². The van der Waals surface area contributed by atoms with Gasteiger partial charge in [0.2, 0.25) is 0 Å². The van der Waals surface area contributed by atoms with Crippen molar-refractivity contribution in [3.63, 3.8) is 0 Å². The number of hydrogen-bond acceptors (Lipinski definition) is 10. The maximum absolute atomic E-state index is 6.77. The van der Waals surface area contributed by atoms with Crippen LogP contribution in [0.4, 0.5) is 0 Å². The lowest BCUT2D eigenvalue weighted by molar-refractivity contribution is 0.0321. The predicted octanol–water partition coefficient (Wildman–Crippen LogP) is 8.95. The van der Waals surface area contributed by atoms with Crippen LogP contribution < -0.4 is 40.3 Å². The summed E-state index contributed by atoms with van der Waals surface area (Å²) in [5, 5.41) is 3.82. The molecular weight excluding hydrogens is 1070 g/mol. The molecule has 0 aliphatic carbocycles. The van der Waals surface area contributed by atoms with E-state index in [1.165, 1.54) is 25.7 Å². The summed E-state index contributed by atoms with van der Waals surface area (Å²) in [6.07, 6.45) is 8.28. The first-order valence-electron chi connectivity index (χ1n) is 31.7. The summed E-state index contributed by atoms with van der Waals surface area (Å²) in [4.78, 5) is 23.2. The minimum Gasteiger partial charge on any atom is -0.492 e. The molecule has 450 valence electrons. The smallest absolute Gasteiger partial charge is 0.119 e. The summed E-state index contributed by atoms with van der Waals surface area (Å²) in [7, 11) is 0. The van der Waals surface area contributed by atoms with Crippen molar-refractivity contribution in [1.82, 2.24) is 34.6 Å². The Kier molecular flexibility index (Phi) is 20.0. The van der Waals surface area contributed by atoms with E-state index in [1.54, 1.807) is 0 Å². The molecule has 14 nitrogen and oxygen atoms in total. The second-order valence-electron chi connectivity index (χ2n) is 23.0. The van der Waals surface area contributed by atoms with E-state index in [0.717, 1.165) is 230 Å². The number of rotatable bonds is 25. The van der Waals surface area contributed by atoms with Crippen molar-refractivity contribution in [2.45, 2.75) is 64.9 Å². The van der Waals surface area contributed by atoms with Gasteiger partial charge in [0.15, 0.2) is 0 Å². The number of aromatic nitrogens is 4. The quantitative estimate of drug-likeness (QED) is 0.0411. The lowest BCUT2D eigenvalue weighted by Gasteiger charge is -2.26. The average molecular weight is 1160 g/mol. The first kappa shape index (κ1) is 58.8. The van der Waals surface area contributed by atoms with E-state index in [2.05, 4.69) is 194 Å². The van der Waals surface area contributed by atoms with Gasteiger partial charge in [0.05, 0.1) is 45.7 Å². The van der Waals surface area contributed by atoms with E-state index < -0.39 is 0 Å². The second kappa shape index (κ2) is 29.2. The lowest BCUT2D eigenvalue weighted by atomic mass is 10.0. The van der Waals surface area contributed by atoms with Gasteiger partial charge in [0.1, 0.15) is 42.8 Å². The number of ether oxygens (including phenoxy) is 7. The molecule has 0 spiro atoms. The van der Waals surface area contributed by atoms with E-state index in [1.807, 2.05) is 0 Å². The molecule has 4 aromatic carbocycles. The van der Waals surface area contributed by atoms with Gasteiger partial charge in [0, 0.05) is 125 Å². The highest BCUT2D eigenvalue weighted by molar-refractivity contribution is 5.85. The van der Waals surface area contributed by atoms with E-state index in [-0.39, 0.29) is 6.10 Å². The van der Waals surface area contributed by atoms with Gasteiger partial charge in [-0.3, -0.25) is 14.7 Å². The van der Waals surface area contributed by atoms with Gasteiger partial charge < -0.3 is 53.1 Å². The van der Waals surface area contributed by atoms with Crippen LogP contribution in [0.25, 0.3) is 22.3 Å². The van der Waals surface area contributed by atoms with Crippen LogP contribution in [0.15, 0.2) is 146 Å². The molecular formula is C72H85N7O7. The zero-order chi connectivity index (χ0) is 58.3. The van der Waals surface area contributed by atoms with Crippen LogP contribution in [0.5, 0.6) is 23.0 Å². The number of morpholine rings is 3. The van der Waals surface area contributed by atoms with Crippen molar-refractivity contribution in [1.29, 1.82) is 0 Å². The Hall–Kier alpha value is -7.56. The van der Waals surface area contributed by atoms with E-state index in [9.17, 15) is 0 Å². The third-order valence-electron chi connectivity index (χ3n) is 17.0. The van der Waals surface area contributed by atoms with Crippen LogP contribution in [0.3, 0.4) is 0 Å². The van der Waals surface area contributed by atoms with Gasteiger partial charge in [-0.25, -0.2) is 0 Å². The van der Waals surface area contributed by atoms with E-state index in [0.29, 0.717) is 19.8 Å². The van der Waals surface area contributed by atoms with Crippen molar-refractivity contribution >= 4 is 22.3 Å². The van der Waals surface area contributed by atoms with Crippen LogP contribution in [0, 0.1) is 0 Å². The number of nitrogens with zero attached hydrogens (tertiary/aromatic N) is 3. The average Bonchev–Trinajstić information content (AvgIpc) is 2.18. The number of unbranched alkanes of at least 4 members (excludes halogenated alkanes) is 3. The Morgan fingerprint density at radius 3 is 1.13 bits per heavy atom. The largest absolute Gasteiger partial charge is 0.492 e. The number of benzene rings is 4. The normalized spacial score (nSPS) is 16.6. The maximum Gasteiger partial charge on any atom is 0.119 e. The van der Waals surface area contributed by atoms with Crippen molar-refractivity contribution in [2.75, 3.05) is 118 Å². The fourth-order valence-corrected chi connectivity index (χ4v) is 12.4. The van der Waals surface area contributed by atoms with Crippen LogP contribution in [-0.2, 0) is 14.2 Å². The Labute approximate surface area is 506 Å². The van der Waals surface area contributed by atoms with Crippen molar-refractivity contribution in [3.05, 3.63) is 212 Å². The minimum absolute atomic E-state index is 0.186. The fraction of sp³-hybridized carbons (Fsp3) is 0.389. The highest BCUT2D eigenvalue weighted by atomic mass is 16.5. The van der Waals surface area contributed by atoms with Crippen LogP contribution >= 0.6 is 0 Å².